The summed E-state index contributed by atoms with van der Waals surface area (Å²) in [7, 11) is 1.06. The summed E-state index contributed by atoms with van der Waals surface area (Å²) in [6.45, 7) is 3.80. The van der Waals surface area contributed by atoms with Gasteiger partial charge in [-0.1, -0.05) is 148 Å². The second-order valence-corrected chi connectivity index (χ2v) is 16.4. The zero-order valence-corrected chi connectivity index (χ0v) is 38.5. The van der Waals surface area contributed by atoms with Crippen molar-refractivity contribution in [1.29, 1.82) is 0 Å². The summed E-state index contributed by atoms with van der Waals surface area (Å²) in [5.41, 5.74) is 0. The Bertz CT molecular complexity index is 1470. The molecule has 0 amide bonds. The van der Waals surface area contributed by atoms with Gasteiger partial charge in [-0.2, -0.15) is 0 Å². The van der Waals surface area contributed by atoms with E-state index in [1.807, 2.05) is 39.4 Å². The van der Waals surface area contributed by atoms with E-state index >= 15 is 0 Å². The van der Waals surface area contributed by atoms with E-state index in [0.717, 1.165) is 70.6 Å². The van der Waals surface area contributed by atoms with Crippen LogP contribution < -0.4 is 4.89 Å². The summed E-state index contributed by atoms with van der Waals surface area (Å²) in [5.74, 6) is -1.02. The van der Waals surface area contributed by atoms with Crippen LogP contribution in [0.4, 0.5) is 0 Å². The summed E-state index contributed by atoms with van der Waals surface area (Å²) < 4.78 is 33.7. The Labute approximate surface area is 364 Å². The number of esters is 2. The molecule has 0 aromatic carbocycles. The van der Waals surface area contributed by atoms with Gasteiger partial charge in [-0.15, -0.1) is 0 Å². The van der Waals surface area contributed by atoms with Crippen LogP contribution in [0.5, 0.6) is 0 Å². The first-order chi connectivity index (χ1) is 29.0. The maximum atomic E-state index is 12.6. The zero-order valence-electron chi connectivity index (χ0n) is 37.6. The van der Waals surface area contributed by atoms with Gasteiger partial charge in [-0.05, 0) is 89.9 Å². The fourth-order valence-corrected chi connectivity index (χ4v) is 5.56. The smallest absolute Gasteiger partial charge is 0.306 e. The van der Waals surface area contributed by atoms with Gasteiger partial charge in [0.2, 0.25) is 0 Å². The number of likely N-dealkylation sites (N-methyl/N-ethyl adjacent to an activating group) is 1. The molecule has 9 nitrogen and oxygen atoms in total. The van der Waals surface area contributed by atoms with Gasteiger partial charge in [0, 0.05) is 12.8 Å². The molecule has 336 valence electrons. The summed E-state index contributed by atoms with van der Waals surface area (Å²) in [4.78, 5) is 37.5. The van der Waals surface area contributed by atoms with Crippen LogP contribution in [0, 0.1) is 0 Å². The lowest BCUT2D eigenvalue weighted by Crippen LogP contribution is -2.37. The topological polar surface area (TPSA) is 111 Å². The molecule has 0 aromatic rings. The average molecular weight is 852 g/mol. The quantitative estimate of drug-likeness (QED) is 0.0200. The summed E-state index contributed by atoms with van der Waals surface area (Å²) >= 11 is 0. The molecule has 0 heterocycles. The fraction of sp³-hybridized carbons (Fsp3) is 0.520. The summed E-state index contributed by atoms with van der Waals surface area (Å²) in [6, 6.07) is 0. The molecular weight excluding hydrogens is 774 g/mol. The predicted molar refractivity (Wildman–Crippen MR) is 249 cm³/mol. The molecule has 2 atom stereocenters. The third-order valence-corrected chi connectivity index (χ3v) is 9.14. The molecule has 0 aliphatic rings. The number of phosphoric ester groups is 1. The molecule has 0 N–H and O–H groups in total. The number of nitrogens with zero attached hydrogens (tertiary/aromatic N) is 1. The van der Waals surface area contributed by atoms with Gasteiger partial charge < -0.3 is 27.9 Å². The lowest BCUT2D eigenvalue weighted by atomic mass is 10.2. The van der Waals surface area contributed by atoms with Crippen molar-refractivity contribution in [1.82, 2.24) is 0 Å². The molecule has 0 aliphatic heterocycles. The molecule has 1 unspecified atom stereocenters. The molecule has 0 saturated carbocycles. The number of ether oxygens (including phenoxy) is 2. The van der Waals surface area contributed by atoms with Crippen molar-refractivity contribution < 1.29 is 42.1 Å². The van der Waals surface area contributed by atoms with E-state index in [0.29, 0.717) is 30.3 Å². The fourth-order valence-electron chi connectivity index (χ4n) is 4.83. The van der Waals surface area contributed by atoms with E-state index in [1.54, 1.807) is 0 Å². The molecule has 10 heteroatoms. The van der Waals surface area contributed by atoms with Crippen molar-refractivity contribution in [3.63, 3.8) is 0 Å². The third-order valence-electron chi connectivity index (χ3n) is 8.18. The van der Waals surface area contributed by atoms with Gasteiger partial charge >= 0.3 is 11.9 Å². The Kier molecular flexibility index (Phi) is 37.9. The Balaban J connectivity index is 4.62. The van der Waals surface area contributed by atoms with Gasteiger partial charge in [-0.25, -0.2) is 0 Å². The number of hydrogen-bond acceptors (Lipinski definition) is 8. The molecule has 0 aliphatic carbocycles. The molecule has 0 aromatic heterocycles. The molecule has 0 fully saturated rings. The maximum Gasteiger partial charge on any atom is 0.306 e. The molecule has 0 saturated heterocycles. The van der Waals surface area contributed by atoms with Crippen LogP contribution in [-0.4, -0.2) is 70.0 Å². The number of allylic oxidation sites excluding steroid dienone is 22. The molecule has 60 heavy (non-hydrogen) atoms. The zero-order chi connectivity index (χ0) is 44.3. The number of hydrogen-bond donors (Lipinski definition) is 0. The third kappa shape index (κ3) is 43.7. The number of unbranched alkanes of at least 4 members (excludes halogenated alkanes) is 1. The Morgan fingerprint density at radius 3 is 1.30 bits per heavy atom. The Hall–Kier alpha value is -3.85. The normalized spacial score (nSPS) is 14.8. The first-order valence-electron chi connectivity index (χ1n) is 21.9. The van der Waals surface area contributed by atoms with Gasteiger partial charge in [-0.3, -0.25) is 14.2 Å². The standard InChI is InChI=1S/C50H78NO8P/c1-6-8-10-12-14-16-18-20-22-24-25-27-29-31-33-35-37-39-41-43-50(53)59-48(47-58-60(54,55)57-45-44-51(3,4)5)46-56-49(52)42-40-38-36-34-32-30-28-26-23-21-19-17-15-13-11-9-7-2/h8-11,14-17,20-23,25,27-28,30-31,33-34,36-37,39,48H,6-7,12-13,18-19,24,26,29,32,35,38,40-47H2,1-5H3/b10-8-,11-9-,16-14-,17-15-,22-20-,23-21-,27-25-,30-28-,33-31-,36-34-,39-37-/t48-/m1/s1. The van der Waals surface area contributed by atoms with Crippen molar-refractivity contribution >= 4 is 19.8 Å². The minimum absolute atomic E-state index is 0.0619. The van der Waals surface area contributed by atoms with Gasteiger partial charge in [0.1, 0.15) is 19.8 Å². The highest BCUT2D eigenvalue weighted by Gasteiger charge is 2.21. The Morgan fingerprint density at radius 2 is 0.900 bits per heavy atom. The van der Waals surface area contributed by atoms with E-state index in [9.17, 15) is 19.0 Å². The van der Waals surface area contributed by atoms with Crippen LogP contribution in [0.15, 0.2) is 134 Å². The maximum absolute atomic E-state index is 12.6. The highest BCUT2D eigenvalue weighted by atomic mass is 31.2. The lowest BCUT2D eigenvalue weighted by Gasteiger charge is -2.28. The number of carbonyl (C=O) groups excluding carboxylic acids is 2. The molecule has 0 bridgehead atoms. The number of quaternary nitrogens is 1. The van der Waals surface area contributed by atoms with Gasteiger partial charge in [0.15, 0.2) is 6.10 Å². The number of phosphoric acid groups is 1. The Morgan fingerprint density at radius 1 is 0.517 bits per heavy atom. The summed E-state index contributed by atoms with van der Waals surface area (Å²) in [6.07, 6.45) is 57.9. The second kappa shape index (κ2) is 40.6. The SMILES string of the molecule is CC/C=C\C/C=C\C/C=C\C/C=C\C/C=C\C/C=C\CCC(=O)O[C@H](COC(=O)CCC/C=C\C/C=C\C/C=C\C/C=C\C/C=C\CC)COP(=O)([O-])OCC[N+](C)(C)C. The monoisotopic (exact) mass is 852 g/mol. The van der Waals surface area contributed by atoms with E-state index in [4.69, 9.17) is 18.5 Å². The minimum atomic E-state index is -4.67. The van der Waals surface area contributed by atoms with E-state index in [2.05, 4.69) is 129 Å². The molecule has 0 spiro atoms. The first-order valence-corrected chi connectivity index (χ1v) is 23.4. The highest BCUT2D eigenvalue weighted by Crippen LogP contribution is 2.38. The summed E-state index contributed by atoms with van der Waals surface area (Å²) in [5, 5.41) is 0. The van der Waals surface area contributed by atoms with Crippen molar-refractivity contribution in [3.05, 3.63) is 134 Å². The van der Waals surface area contributed by atoms with Crippen LogP contribution in [-0.2, 0) is 32.7 Å². The van der Waals surface area contributed by atoms with Gasteiger partial charge in [0.25, 0.3) is 7.82 Å². The lowest BCUT2D eigenvalue weighted by molar-refractivity contribution is -0.870. The van der Waals surface area contributed by atoms with Crippen LogP contribution in [0.25, 0.3) is 0 Å². The largest absolute Gasteiger partial charge is 0.756 e. The van der Waals surface area contributed by atoms with E-state index in [-0.39, 0.29) is 26.1 Å². The highest BCUT2D eigenvalue weighted by molar-refractivity contribution is 7.45. The van der Waals surface area contributed by atoms with Crippen LogP contribution >= 0.6 is 7.82 Å². The minimum Gasteiger partial charge on any atom is -0.756 e. The van der Waals surface area contributed by atoms with Crippen molar-refractivity contribution in [3.8, 4) is 0 Å². The molecular formula is C50H78NO8P. The van der Waals surface area contributed by atoms with E-state index in [1.165, 1.54) is 0 Å². The predicted octanol–water partition coefficient (Wildman–Crippen LogP) is 12.0. The second-order valence-electron chi connectivity index (χ2n) is 14.9. The number of carbonyl (C=O) groups is 2. The molecule has 0 rings (SSSR count). The first kappa shape index (κ1) is 56.1. The average Bonchev–Trinajstić information content (AvgIpc) is 3.20. The van der Waals surface area contributed by atoms with Crippen LogP contribution in [0.3, 0.4) is 0 Å². The number of rotatable bonds is 37. The van der Waals surface area contributed by atoms with E-state index < -0.39 is 32.5 Å². The van der Waals surface area contributed by atoms with Crippen LogP contribution in [0.2, 0.25) is 0 Å². The molecule has 0 radical (unpaired) electrons. The van der Waals surface area contributed by atoms with Crippen molar-refractivity contribution in [2.45, 2.75) is 123 Å². The van der Waals surface area contributed by atoms with Gasteiger partial charge in [0.05, 0.1) is 27.7 Å². The van der Waals surface area contributed by atoms with Crippen molar-refractivity contribution in [2.75, 3.05) is 47.5 Å². The van der Waals surface area contributed by atoms with Crippen molar-refractivity contribution in [2.24, 2.45) is 0 Å². The van der Waals surface area contributed by atoms with Crippen LogP contribution in [0.1, 0.15) is 117 Å².